The summed E-state index contributed by atoms with van der Waals surface area (Å²) in [4.78, 5) is 23.8. The second-order valence-corrected chi connectivity index (χ2v) is 5.12. The Morgan fingerprint density at radius 1 is 1.52 bits per heavy atom. The van der Waals surface area contributed by atoms with Gasteiger partial charge < -0.3 is 25.8 Å². The number of anilines is 1. The minimum atomic E-state index is -2.32. The van der Waals surface area contributed by atoms with Crippen molar-refractivity contribution in [1.29, 1.82) is 0 Å². The van der Waals surface area contributed by atoms with Crippen LogP contribution in [0.1, 0.15) is 6.23 Å². The SMILES string of the molecule is C=CC(=O)[C@@]1(O)[C@@H](CO)O[C@@H](n2cnc3c(N)ncnc32)[C@@H]1O. The van der Waals surface area contributed by atoms with Crippen molar-refractivity contribution in [2.24, 2.45) is 0 Å². The minimum Gasteiger partial charge on any atom is -0.394 e. The first-order chi connectivity index (χ1) is 10.9. The van der Waals surface area contributed by atoms with Crippen LogP contribution < -0.4 is 5.73 Å². The number of fused-ring (bicyclic) bond motifs is 1. The van der Waals surface area contributed by atoms with Gasteiger partial charge >= 0.3 is 0 Å². The lowest BCUT2D eigenvalue weighted by atomic mass is 9.87. The molecule has 4 atom stereocenters. The highest BCUT2D eigenvalue weighted by molar-refractivity contribution is 5.98. The molecule has 3 heterocycles. The van der Waals surface area contributed by atoms with Gasteiger partial charge in [-0.05, 0) is 6.08 Å². The van der Waals surface area contributed by atoms with Crippen LogP contribution in [-0.4, -0.2) is 65.0 Å². The molecule has 0 aromatic carbocycles. The van der Waals surface area contributed by atoms with E-state index in [1.54, 1.807) is 0 Å². The quantitative estimate of drug-likeness (QED) is 0.474. The lowest BCUT2D eigenvalue weighted by Crippen LogP contribution is -2.54. The van der Waals surface area contributed by atoms with Crippen LogP contribution in [0.15, 0.2) is 25.3 Å². The number of carbonyl (C=O) groups excluding carboxylic acids is 1. The summed E-state index contributed by atoms with van der Waals surface area (Å²) in [5.74, 6) is -0.720. The third kappa shape index (κ3) is 2.04. The third-order valence-electron chi connectivity index (χ3n) is 3.92. The van der Waals surface area contributed by atoms with Crippen LogP contribution in [0.4, 0.5) is 5.82 Å². The van der Waals surface area contributed by atoms with Crippen LogP contribution in [0.25, 0.3) is 11.2 Å². The Morgan fingerprint density at radius 2 is 2.26 bits per heavy atom. The molecule has 0 amide bonds. The lowest BCUT2D eigenvalue weighted by molar-refractivity contribution is -0.149. The van der Waals surface area contributed by atoms with E-state index in [1.807, 2.05) is 0 Å². The normalized spacial score (nSPS) is 30.7. The number of hydrogen-bond donors (Lipinski definition) is 4. The number of rotatable bonds is 4. The number of nitrogens with two attached hydrogens (primary N) is 1. The summed E-state index contributed by atoms with van der Waals surface area (Å²) in [5, 5.41) is 30.4. The Labute approximate surface area is 129 Å². The second-order valence-electron chi connectivity index (χ2n) is 5.12. The first-order valence-electron chi connectivity index (χ1n) is 6.71. The molecule has 3 rings (SSSR count). The molecule has 5 N–H and O–H groups in total. The molecule has 10 heteroatoms. The maximum atomic E-state index is 12.0. The predicted octanol–water partition coefficient (Wildman–Crippen LogP) is -1.85. The number of nitrogen functional groups attached to an aromatic ring is 1. The lowest BCUT2D eigenvalue weighted by Gasteiger charge is -2.27. The number of hydrogen-bond acceptors (Lipinski definition) is 9. The van der Waals surface area contributed by atoms with Gasteiger partial charge in [0.25, 0.3) is 0 Å². The average molecular weight is 321 g/mol. The van der Waals surface area contributed by atoms with Crippen molar-refractivity contribution in [1.82, 2.24) is 19.5 Å². The molecule has 122 valence electrons. The highest BCUT2D eigenvalue weighted by atomic mass is 16.6. The van der Waals surface area contributed by atoms with Gasteiger partial charge in [-0.1, -0.05) is 6.58 Å². The molecule has 1 aliphatic heterocycles. The number of aliphatic hydroxyl groups excluding tert-OH is 2. The number of aliphatic hydroxyl groups is 3. The largest absolute Gasteiger partial charge is 0.394 e. The van der Waals surface area contributed by atoms with Crippen molar-refractivity contribution in [3.05, 3.63) is 25.3 Å². The van der Waals surface area contributed by atoms with E-state index in [2.05, 4.69) is 21.5 Å². The van der Waals surface area contributed by atoms with Crippen LogP contribution in [0.2, 0.25) is 0 Å². The van der Waals surface area contributed by atoms with Gasteiger partial charge in [0.15, 0.2) is 29.1 Å². The van der Waals surface area contributed by atoms with Gasteiger partial charge in [0.05, 0.1) is 12.9 Å². The summed E-state index contributed by atoms with van der Waals surface area (Å²) >= 11 is 0. The van der Waals surface area contributed by atoms with Crippen LogP contribution in [-0.2, 0) is 9.53 Å². The predicted molar refractivity (Wildman–Crippen MR) is 76.9 cm³/mol. The van der Waals surface area contributed by atoms with Crippen LogP contribution >= 0.6 is 0 Å². The molecule has 1 aliphatic rings. The summed E-state index contributed by atoms with van der Waals surface area (Å²) in [6, 6.07) is 0. The standard InChI is InChI=1S/C13H15N5O5/c1-2-6(20)13(22)7(3-19)23-12(9(13)21)18-5-17-8-10(14)15-4-16-11(8)18/h2,4-5,7,9,12,19,21-22H,1,3H2,(H2,14,15,16)/t7-,9+,12-,13-/m1/s1. The van der Waals surface area contributed by atoms with E-state index >= 15 is 0 Å². The fraction of sp³-hybridized carbons (Fsp3) is 0.385. The maximum Gasteiger partial charge on any atom is 0.192 e. The molecule has 0 aliphatic carbocycles. The van der Waals surface area contributed by atoms with Gasteiger partial charge in [-0.25, -0.2) is 15.0 Å². The zero-order valence-electron chi connectivity index (χ0n) is 11.9. The summed E-state index contributed by atoms with van der Waals surface area (Å²) < 4.78 is 6.77. The number of ketones is 1. The Bertz CT molecular complexity index is 777. The molecule has 23 heavy (non-hydrogen) atoms. The smallest absolute Gasteiger partial charge is 0.192 e. The van der Waals surface area contributed by atoms with E-state index in [0.29, 0.717) is 0 Å². The zero-order valence-corrected chi connectivity index (χ0v) is 11.9. The van der Waals surface area contributed by atoms with Gasteiger partial charge in [-0.15, -0.1) is 0 Å². The fourth-order valence-corrected chi connectivity index (χ4v) is 2.68. The Kier molecular flexibility index (Phi) is 3.60. The zero-order chi connectivity index (χ0) is 16.8. The van der Waals surface area contributed by atoms with Crippen molar-refractivity contribution < 1.29 is 24.9 Å². The summed E-state index contributed by atoms with van der Waals surface area (Å²) in [7, 11) is 0. The summed E-state index contributed by atoms with van der Waals surface area (Å²) in [6.45, 7) is 2.62. The van der Waals surface area contributed by atoms with Crippen LogP contribution in [0.3, 0.4) is 0 Å². The van der Waals surface area contributed by atoms with Crippen LogP contribution in [0.5, 0.6) is 0 Å². The summed E-state index contributed by atoms with van der Waals surface area (Å²) in [5.41, 5.74) is 3.91. The summed E-state index contributed by atoms with van der Waals surface area (Å²) in [6.07, 6.45) is -0.822. The topological polar surface area (TPSA) is 157 Å². The van der Waals surface area contributed by atoms with E-state index in [9.17, 15) is 20.1 Å². The van der Waals surface area contributed by atoms with Gasteiger partial charge in [0, 0.05) is 0 Å². The molecule has 0 spiro atoms. The molecule has 1 saturated heterocycles. The highest BCUT2D eigenvalue weighted by Gasteiger charge is 2.59. The van der Waals surface area contributed by atoms with Crippen molar-refractivity contribution in [2.45, 2.75) is 24.0 Å². The first-order valence-corrected chi connectivity index (χ1v) is 6.71. The minimum absolute atomic E-state index is 0.136. The van der Waals surface area contributed by atoms with Crippen molar-refractivity contribution in [2.75, 3.05) is 12.3 Å². The van der Waals surface area contributed by atoms with Gasteiger partial charge in [-0.3, -0.25) is 9.36 Å². The molecule has 2 aromatic rings. The molecule has 1 fully saturated rings. The third-order valence-corrected chi connectivity index (χ3v) is 3.92. The molecular weight excluding hydrogens is 306 g/mol. The van der Waals surface area contributed by atoms with Gasteiger partial charge in [-0.2, -0.15) is 0 Å². The number of imidazole rings is 1. The Balaban J connectivity index is 2.08. The maximum absolute atomic E-state index is 12.0. The number of carbonyl (C=O) groups is 1. The van der Waals surface area contributed by atoms with Gasteiger partial charge in [0.1, 0.15) is 24.1 Å². The Morgan fingerprint density at radius 3 is 2.91 bits per heavy atom. The average Bonchev–Trinajstić information content (AvgIpc) is 3.08. The number of aromatic nitrogens is 4. The molecule has 0 saturated carbocycles. The Hall–Kier alpha value is -2.40. The molecule has 10 nitrogen and oxygen atoms in total. The molecular formula is C13H15N5O5. The first kappa shape index (κ1) is 15.5. The van der Waals surface area contributed by atoms with E-state index < -0.39 is 36.4 Å². The van der Waals surface area contributed by atoms with Crippen molar-refractivity contribution >= 4 is 22.8 Å². The fourth-order valence-electron chi connectivity index (χ4n) is 2.68. The number of ether oxygens (including phenoxy) is 1. The van der Waals surface area contributed by atoms with E-state index in [4.69, 9.17) is 10.5 Å². The monoisotopic (exact) mass is 321 g/mol. The molecule has 0 bridgehead atoms. The van der Waals surface area contributed by atoms with Gasteiger partial charge in [0.2, 0.25) is 0 Å². The highest BCUT2D eigenvalue weighted by Crippen LogP contribution is 2.39. The molecule has 0 unspecified atom stereocenters. The molecule has 2 aromatic heterocycles. The number of nitrogens with zero attached hydrogens (tertiary/aromatic N) is 4. The molecule has 0 radical (unpaired) electrons. The second kappa shape index (κ2) is 5.35. The van der Waals surface area contributed by atoms with Crippen molar-refractivity contribution in [3.8, 4) is 0 Å². The van der Waals surface area contributed by atoms with E-state index in [-0.39, 0.29) is 17.0 Å². The van der Waals surface area contributed by atoms with Crippen LogP contribution in [0, 0.1) is 0 Å². The van der Waals surface area contributed by atoms with E-state index in [0.717, 1.165) is 6.08 Å². The van der Waals surface area contributed by atoms with Crippen molar-refractivity contribution in [3.63, 3.8) is 0 Å². The van der Waals surface area contributed by atoms with E-state index in [1.165, 1.54) is 17.2 Å².